The number of hydrogen-bond donors (Lipinski definition) is 4. The SMILES string of the molecule is CCCCCCCCCCCCCCCCC[C@@H](O)[C@@H](O)[C@H](CO)NC(=O)CCCCCCCCCCC. The van der Waals surface area contributed by atoms with E-state index in [1.807, 2.05) is 0 Å². The van der Waals surface area contributed by atoms with Gasteiger partial charge in [0, 0.05) is 6.42 Å². The quantitative estimate of drug-likeness (QED) is 0.0688. The van der Waals surface area contributed by atoms with Crippen molar-refractivity contribution < 1.29 is 20.1 Å². The zero-order valence-corrected chi connectivity index (χ0v) is 25.6. The lowest BCUT2D eigenvalue weighted by Crippen LogP contribution is -2.50. The summed E-state index contributed by atoms with van der Waals surface area (Å²) >= 11 is 0. The molecule has 0 aromatic rings. The van der Waals surface area contributed by atoms with Crippen LogP contribution in [-0.2, 0) is 4.79 Å². The highest BCUT2D eigenvalue weighted by molar-refractivity contribution is 5.76. The van der Waals surface area contributed by atoms with E-state index in [0.717, 1.165) is 32.1 Å². The molecule has 38 heavy (non-hydrogen) atoms. The first-order valence-electron chi connectivity index (χ1n) is 16.8. The number of nitrogens with one attached hydrogen (secondary N) is 1. The fourth-order valence-electron chi connectivity index (χ4n) is 5.28. The highest BCUT2D eigenvalue weighted by atomic mass is 16.3. The monoisotopic (exact) mass is 542 g/mol. The average molecular weight is 542 g/mol. The lowest BCUT2D eigenvalue weighted by atomic mass is 9.99. The summed E-state index contributed by atoms with van der Waals surface area (Å²) < 4.78 is 0. The number of carbonyl (C=O) groups is 1. The maximum Gasteiger partial charge on any atom is 0.220 e. The first-order valence-corrected chi connectivity index (χ1v) is 16.8. The molecule has 0 heterocycles. The molecule has 0 saturated carbocycles. The van der Waals surface area contributed by atoms with Crippen molar-refractivity contribution in [2.24, 2.45) is 0 Å². The minimum absolute atomic E-state index is 0.148. The largest absolute Gasteiger partial charge is 0.394 e. The number of unbranched alkanes of at least 4 members (excludes halogenated alkanes) is 22. The Kier molecular flexibility index (Phi) is 28.8. The second-order valence-electron chi connectivity index (χ2n) is 11.7. The molecule has 0 unspecified atom stereocenters. The summed E-state index contributed by atoms with van der Waals surface area (Å²) in [6.07, 6.45) is 29.0. The molecule has 4 N–H and O–H groups in total. The lowest BCUT2D eigenvalue weighted by Gasteiger charge is -2.26. The van der Waals surface area contributed by atoms with Gasteiger partial charge in [0.2, 0.25) is 5.91 Å². The molecule has 0 aliphatic carbocycles. The number of aliphatic hydroxyl groups is 3. The van der Waals surface area contributed by atoms with Gasteiger partial charge in [-0.3, -0.25) is 4.79 Å². The van der Waals surface area contributed by atoms with E-state index in [4.69, 9.17) is 0 Å². The molecule has 5 nitrogen and oxygen atoms in total. The topological polar surface area (TPSA) is 89.8 Å². The maximum atomic E-state index is 12.2. The molecule has 0 spiro atoms. The van der Waals surface area contributed by atoms with Crippen molar-refractivity contribution in [1.82, 2.24) is 5.32 Å². The van der Waals surface area contributed by atoms with Crippen LogP contribution in [0.4, 0.5) is 0 Å². The van der Waals surface area contributed by atoms with Crippen LogP contribution in [0.15, 0.2) is 0 Å². The van der Waals surface area contributed by atoms with Crippen molar-refractivity contribution >= 4 is 5.91 Å². The Bertz CT molecular complexity index is 488. The van der Waals surface area contributed by atoms with Gasteiger partial charge in [0.15, 0.2) is 0 Å². The van der Waals surface area contributed by atoms with Gasteiger partial charge in [-0.05, 0) is 12.8 Å². The van der Waals surface area contributed by atoms with Crippen LogP contribution in [0.5, 0.6) is 0 Å². The van der Waals surface area contributed by atoms with Gasteiger partial charge in [-0.2, -0.15) is 0 Å². The van der Waals surface area contributed by atoms with Crippen LogP contribution in [0, 0.1) is 0 Å². The van der Waals surface area contributed by atoms with Crippen LogP contribution < -0.4 is 5.32 Å². The Hall–Kier alpha value is -0.650. The number of hydrogen-bond acceptors (Lipinski definition) is 4. The molecule has 0 aromatic heterocycles. The summed E-state index contributed by atoms with van der Waals surface area (Å²) in [6, 6.07) is -0.799. The summed E-state index contributed by atoms with van der Waals surface area (Å²) in [5.41, 5.74) is 0. The van der Waals surface area contributed by atoms with Crippen molar-refractivity contribution in [3.8, 4) is 0 Å². The van der Waals surface area contributed by atoms with E-state index in [1.165, 1.54) is 122 Å². The molecule has 0 bridgehead atoms. The summed E-state index contributed by atoms with van der Waals surface area (Å²) in [4.78, 5) is 12.2. The molecule has 3 atom stereocenters. The third-order valence-electron chi connectivity index (χ3n) is 7.96. The molecule has 0 radical (unpaired) electrons. The second-order valence-corrected chi connectivity index (χ2v) is 11.7. The molecule has 228 valence electrons. The molecule has 1 amide bonds. The predicted octanol–water partition coefficient (Wildman–Crippen LogP) is 8.37. The Morgan fingerprint density at radius 1 is 0.553 bits per heavy atom. The Morgan fingerprint density at radius 2 is 0.895 bits per heavy atom. The van der Waals surface area contributed by atoms with Gasteiger partial charge in [0.05, 0.1) is 18.8 Å². The van der Waals surface area contributed by atoms with E-state index < -0.39 is 18.2 Å². The minimum atomic E-state index is -1.13. The summed E-state index contributed by atoms with van der Waals surface area (Å²) in [5.74, 6) is -0.148. The Labute approximate surface area is 237 Å². The van der Waals surface area contributed by atoms with Crippen LogP contribution in [0.25, 0.3) is 0 Å². The van der Waals surface area contributed by atoms with E-state index in [2.05, 4.69) is 19.2 Å². The first kappa shape index (κ1) is 37.4. The first-order chi connectivity index (χ1) is 18.6. The van der Waals surface area contributed by atoms with E-state index in [-0.39, 0.29) is 12.5 Å². The van der Waals surface area contributed by atoms with E-state index >= 15 is 0 Å². The van der Waals surface area contributed by atoms with Crippen LogP contribution in [0.1, 0.15) is 181 Å². The molecule has 0 rings (SSSR count). The summed E-state index contributed by atoms with van der Waals surface area (Å²) in [6.45, 7) is 4.14. The molecule has 0 aliphatic rings. The van der Waals surface area contributed by atoms with Crippen molar-refractivity contribution in [3.63, 3.8) is 0 Å². The molecular formula is C33H67NO4. The highest BCUT2D eigenvalue weighted by Crippen LogP contribution is 2.16. The van der Waals surface area contributed by atoms with Gasteiger partial charge in [-0.25, -0.2) is 0 Å². The second kappa shape index (κ2) is 29.3. The number of carbonyl (C=O) groups excluding carboxylic acids is 1. The maximum absolute atomic E-state index is 12.2. The smallest absolute Gasteiger partial charge is 0.220 e. The number of amides is 1. The zero-order valence-electron chi connectivity index (χ0n) is 25.6. The standard InChI is InChI=1S/C33H67NO4/c1-3-5-7-9-11-13-14-15-16-17-18-20-21-23-25-27-31(36)33(38)30(29-35)34-32(37)28-26-24-22-19-12-10-8-6-4-2/h30-31,33,35-36,38H,3-29H2,1-2H3,(H,34,37)/t30-,31+,33-/m0/s1. The fourth-order valence-corrected chi connectivity index (χ4v) is 5.28. The van der Waals surface area contributed by atoms with E-state index in [9.17, 15) is 20.1 Å². The van der Waals surface area contributed by atoms with Gasteiger partial charge in [-0.15, -0.1) is 0 Å². The Balaban J connectivity index is 3.68. The van der Waals surface area contributed by atoms with Crippen LogP contribution in [0.2, 0.25) is 0 Å². The van der Waals surface area contributed by atoms with E-state index in [1.54, 1.807) is 0 Å². The Morgan fingerprint density at radius 3 is 1.26 bits per heavy atom. The summed E-state index contributed by atoms with van der Waals surface area (Å²) in [7, 11) is 0. The zero-order chi connectivity index (χ0) is 28.1. The fraction of sp³-hybridized carbons (Fsp3) is 0.970. The van der Waals surface area contributed by atoms with Crippen molar-refractivity contribution in [2.45, 2.75) is 199 Å². The predicted molar refractivity (Wildman–Crippen MR) is 162 cm³/mol. The molecular weight excluding hydrogens is 474 g/mol. The molecule has 0 fully saturated rings. The highest BCUT2D eigenvalue weighted by Gasteiger charge is 2.26. The normalized spacial score (nSPS) is 13.9. The van der Waals surface area contributed by atoms with Gasteiger partial charge in [-0.1, -0.05) is 162 Å². The van der Waals surface area contributed by atoms with Crippen LogP contribution in [0.3, 0.4) is 0 Å². The summed E-state index contributed by atoms with van der Waals surface area (Å²) in [5, 5.41) is 33.2. The van der Waals surface area contributed by atoms with Gasteiger partial charge in [0.25, 0.3) is 0 Å². The van der Waals surface area contributed by atoms with Crippen LogP contribution >= 0.6 is 0 Å². The number of rotatable bonds is 30. The molecule has 0 saturated heterocycles. The van der Waals surface area contributed by atoms with Crippen molar-refractivity contribution in [1.29, 1.82) is 0 Å². The van der Waals surface area contributed by atoms with Crippen molar-refractivity contribution in [2.75, 3.05) is 6.61 Å². The van der Waals surface area contributed by atoms with Gasteiger partial charge in [0.1, 0.15) is 6.10 Å². The minimum Gasteiger partial charge on any atom is -0.394 e. The molecule has 5 heteroatoms. The van der Waals surface area contributed by atoms with Crippen molar-refractivity contribution in [3.05, 3.63) is 0 Å². The van der Waals surface area contributed by atoms with Gasteiger partial charge < -0.3 is 20.6 Å². The van der Waals surface area contributed by atoms with E-state index in [0.29, 0.717) is 12.8 Å². The molecule has 0 aromatic carbocycles. The number of aliphatic hydroxyl groups excluding tert-OH is 3. The van der Waals surface area contributed by atoms with Gasteiger partial charge >= 0.3 is 0 Å². The molecule has 0 aliphatic heterocycles. The lowest BCUT2D eigenvalue weighted by molar-refractivity contribution is -0.124. The third-order valence-corrected chi connectivity index (χ3v) is 7.96. The van der Waals surface area contributed by atoms with Crippen LogP contribution in [-0.4, -0.2) is 46.1 Å². The average Bonchev–Trinajstić information content (AvgIpc) is 2.92. The third kappa shape index (κ3) is 24.4.